The maximum Gasteiger partial charge on any atom is 0.317 e. The molecule has 140 valence electrons. The summed E-state index contributed by atoms with van der Waals surface area (Å²) in [5.74, 6) is -1.04. The number of rotatable bonds is 4. The Kier molecular flexibility index (Phi) is 4.89. The highest BCUT2D eigenvalue weighted by atomic mass is 19.1. The first-order valence-electron chi connectivity index (χ1n) is 8.82. The minimum atomic E-state index is -0.802. The van der Waals surface area contributed by atoms with Crippen LogP contribution >= 0.6 is 0 Å². The number of halogens is 1. The third-order valence-corrected chi connectivity index (χ3v) is 5.39. The number of aromatic nitrogens is 1. The van der Waals surface area contributed by atoms with Crippen LogP contribution in [0.15, 0.2) is 18.3 Å². The van der Waals surface area contributed by atoms with Gasteiger partial charge in [0.1, 0.15) is 5.82 Å². The van der Waals surface area contributed by atoms with Gasteiger partial charge in [0, 0.05) is 36.7 Å². The maximum atomic E-state index is 13.6. The first kappa shape index (κ1) is 18.2. The van der Waals surface area contributed by atoms with Gasteiger partial charge in [-0.15, -0.1) is 0 Å². The average Bonchev–Trinajstić information content (AvgIpc) is 2.97. The van der Waals surface area contributed by atoms with Crippen molar-refractivity contribution in [1.29, 1.82) is 0 Å². The number of carboxylic acids is 1. The predicted molar refractivity (Wildman–Crippen MR) is 96.6 cm³/mol. The van der Waals surface area contributed by atoms with E-state index in [1.54, 1.807) is 18.7 Å². The van der Waals surface area contributed by atoms with Crippen LogP contribution in [0.4, 0.5) is 9.18 Å². The van der Waals surface area contributed by atoms with Gasteiger partial charge in [-0.3, -0.25) is 4.79 Å². The molecular formula is C19H24FN3O3. The van der Waals surface area contributed by atoms with Crippen molar-refractivity contribution in [3.05, 3.63) is 35.3 Å². The predicted octanol–water partition coefficient (Wildman–Crippen LogP) is 3.05. The summed E-state index contributed by atoms with van der Waals surface area (Å²) in [5.41, 5.74) is 1.63. The molecule has 1 saturated heterocycles. The number of hydrogen-bond donors (Lipinski definition) is 3. The van der Waals surface area contributed by atoms with Crippen molar-refractivity contribution < 1.29 is 19.1 Å². The van der Waals surface area contributed by atoms with Gasteiger partial charge in [0.2, 0.25) is 0 Å². The Hall–Kier alpha value is -2.57. The minimum Gasteiger partial charge on any atom is -0.481 e. The lowest BCUT2D eigenvalue weighted by Gasteiger charge is -2.36. The van der Waals surface area contributed by atoms with Gasteiger partial charge >= 0.3 is 12.0 Å². The second-order valence-corrected chi connectivity index (χ2v) is 7.30. The summed E-state index contributed by atoms with van der Waals surface area (Å²) in [7, 11) is 0. The normalized spacial score (nSPS) is 16.7. The Balaban J connectivity index is 1.53. The SMILES string of the molecule is Cc1cc2c(CCNC(=O)N3CCC(C)(C(=O)O)CC3)c[nH]c2cc1F. The number of nitrogens with zero attached hydrogens (tertiary/aromatic N) is 1. The zero-order chi connectivity index (χ0) is 18.9. The third kappa shape index (κ3) is 3.52. The van der Waals surface area contributed by atoms with E-state index in [2.05, 4.69) is 10.3 Å². The highest BCUT2D eigenvalue weighted by molar-refractivity contribution is 5.84. The van der Waals surface area contributed by atoms with E-state index in [-0.39, 0.29) is 11.8 Å². The Bertz CT molecular complexity index is 838. The Morgan fingerprint density at radius 1 is 1.35 bits per heavy atom. The van der Waals surface area contributed by atoms with Crippen LogP contribution in [0.25, 0.3) is 10.9 Å². The van der Waals surface area contributed by atoms with Crippen molar-refractivity contribution in [2.45, 2.75) is 33.1 Å². The molecule has 7 heteroatoms. The summed E-state index contributed by atoms with van der Waals surface area (Å²) in [5, 5.41) is 13.1. The zero-order valence-electron chi connectivity index (χ0n) is 15.1. The number of fused-ring (bicyclic) bond motifs is 1. The lowest BCUT2D eigenvalue weighted by molar-refractivity contribution is -0.150. The van der Waals surface area contributed by atoms with E-state index in [0.717, 1.165) is 16.5 Å². The van der Waals surface area contributed by atoms with Crippen molar-refractivity contribution in [2.75, 3.05) is 19.6 Å². The van der Waals surface area contributed by atoms with Gasteiger partial charge in [-0.2, -0.15) is 0 Å². The van der Waals surface area contributed by atoms with Gasteiger partial charge in [-0.25, -0.2) is 9.18 Å². The second-order valence-electron chi connectivity index (χ2n) is 7.30. The number of amides is 2. The molecule has 0 radical (unpaired) electrons. The summed E-state index contributed by atoms with van der Waals surface area (Å²) >= 11 is 0. The first-order valence-corrected chi connectivity index (χ1v) is 8.82. The number of H-pyrrole nitrogens is 1. The molecule has 6 nitrogen and oxygen atoms in total. The number of piperidine rings is 1. The Labute approximate surface area is 151 Å². The van der Waals surface area contributed by atoms with Crippen molar-refractivity contribution in [1.82, 2.24) is 15.2 Å². The molecule has 2 amide bonds. The molecule has 26 heavy (non-hydrogen) atoms. The van der Waals surface area contributed by atoms with Crippen molar-refractivity contribution in [3.63, 3.8) is 0 Å². The van der Waals surface area contributed by atoms with Crippen LogP contribution in [0.3, 0.4) is 0 Å². The topological polar surface area (TPSA) is 85.4 Å². The number of carboxylic acid groups (broad SMARTS) is 1. The number of aliphatic carboxylic acids is 1. The Morgan fingerprint density at radius 2 is 2.04 bits per heavy atom. The van der Waals surface area contributed by atoms with Gasteiger partial charge in [0.15, 0.2) is 0 Å². The van der Waals surface area contributed by atoms with Crippen LogP contribution < -0.4 is 5.32 Å². The average molecular weight is 361 g/mol. The van der Waals surface area contributed by atoms with Crippen LogP contribution in [-0.4, -0.2) is 46.6 Å². The van der Waals surface area contributed by atoms with E-state index >= 15 is 0 Å². The molecule has 0 unspecified atom stereocenters. The zero-order valence-corrected chi connectivity index (χ0v) is 15.1. The van der Waals surface area contributed by atoms with Crippen molar-refractivity contribution in [2.24, 2.45) is 5.41 Å². The Morgan fingerprint density at radius 3 is 2.69 bits per heavy atom. The summed E-state index contributed by atoms with van der Waals surface area (Å²) in [4.78, 5) is 28.3. The first-order chi connectivity index (χ1) is 12.3. The minimum absolute atomic E-state index is 0.167. The van der Waals surface area contributed by atoms with E-state index in [1.807, 2.05) is 12.3 Å². The monoisotopic (exact) mass is 361 g/mol. The van der Waals surface area contributed by atoms with Crippen LogP contribution in [0.5, 0.6) is 0 Å². The van der Waals surface area contributed by atoms with Crippen LogP contribution in [0.1, 0.15) is 30.9 Å². The molecule has 3 N–H and O–H groups in total. The standard InChI is InChI=1S/C19H24FN3O3/c1-12-9-14-13(11-22-16(14)10-15(12)20)3-6-21-18(26)23-7-4-19(2,5-8-23)17(24)25/h9-11,22H,3-8H2,1-2H3,(H,21,26)(H,24,25). The molecule has 1 aromatic carbocycles. The number of aryl methyl sites for hydroxylation is 1. The number of hydrogen-bond acceptors (Lipinski definition) is 2. The van der Waals surface area contributed by atoms with Crippen LogP contribution in [-0.2, 0) is 11.2 Å². The van der Waals surface area contributed by atoms with E-state index in [0.29, 0.717) is 44.5 Å². The molecular weight excluding hydrogens is 337 g/mol. The molecule has 1 aromatic heterocycles. The number of nitrogens with one attached hydrogen (secondary N) is 2. The fourth-order valence-corrected chi connectivity index (χ4v) is 3.35. The molecule has 2 heterocycles. The second kappa shape index (κ2) is 6.97. The number of urea groups is 1. The summed E-state index contributed by atoms with van der Waals surface area (Å²) in [6, 6.07) is 3.13. The molecule has 0 aliphatic carbocycles. The molecule has 0 saturated carbocycles. The van der Waals surface area contributed by atoms with Gasteiger partial charge < -0.3 is 20.3 Å². The van der Waals surface area contributed by atoms with Crippen LogP contribution in [0.2, 0.25) is 0 Å². The molecule has 0 atom stereocenters. The summed E-state index contributed by atoms with van der Waals surface area (Å²) < 4.78 is 13.6. The molecule has 3 rings (SSSR count). The maximum absolute atomic E-state index is 13.6. The summed E-state index contributed by atoms with van der Waals surface area (Å²) in [6.07, 6.45) is 3.40. The van der Waals surface area contributed by atoms with E-state index < -0.39 is 11.4 Å². The van der Waals surface area contributed by atoms with Crippen molar-refractivity contribution >= 4 is 22.9 Å². The number of benzene rings is 1. The molecule has 1 aliphatic heterocycles. The van der Waals surface area contributed by atoms with E-state index in [9.17, 15) is 19.1 Å². The van der Waals surface area contributed by atoms with Gasteiger partial charge in [0.05, 0.1) is 5.41 Å². The molecule has 0 spiro atoms. The largest absolute Gasteiger partial charge is 0.481 e. The lowest BCUT2D eigenvalue weighted by atomic mass is 9.80. The number of aromatic amines is 1. The molecule has 0 bridgehead atoms. The number of likely N-dealkylation sites (tertiary alicyclic amines) is 1. The number of carbonyl (C=O) groups excluding carboxylic acids is 1. The van der Waals surface area contributed by atoms with Crippen LogP contribution in [0, 0.1) is 18.2 Å². The summed E-state index contributed by atoms with van der Waals surface area (Å²) in [6.45, 7) is 4.82. The van der Waals surface area contributed by atoms with Gasteiger partial charge in [-0.05, 0) is 56.4 Å². The smallest absolute Gasteiger partial charge is 0.317 e. The van der Waals surface area contributed by atoms with E-state index in [4.69, 9.17) is 0 Å². The third-order valence-electron chi connectivity index (χ3n) is 5.39. The van der Waals surface area contributed by atoms with Gasteiger partial charge in [0.25, 0.3) is 0 Å². The quantitative estimate of drug-likeness (QED) is 0.782. The molecule has 2 aromatic rings. The highest BCUT2D eigenvalue weighted by Crippen LogP contribution is 2.31. The fourth-order valence-electron chi connectivity index (χ4n) is 3.35. The van der Waals surface area contributed by atoms with Gasteiger partial charge in [-0.1, -0.05) is 0 Å². The van der Waals surface area contributed by atoms with E-state index in [1.165, 1.54) is 6.07 Å². The lowest BCUT2D eigenvalue weighted by Crippen LogP contribution is -2.49. The highest BCUT2D eigenvalue weighted by Gasteiger charge is 2.37. The molecule has 1 aliphatic rings. The number of carbonyl (C=O) groups is 2. The fraction of sp³-hybridized carbons (Fsp3) is 0.474. The molecule has 1 fully saturated rings. The van der Waals surface area contributed by atoms with Crippen molar-refractivity contribution in [3.8, 4) is 0 Å².